The van der Waals surface area contributed by atoms with Crippen molar-refractivity contribution in [2.45, 2.75) is 20.0 Å². The molecule has 1 aliphatic rings. The van der Waals surface area contributed by atoms with Crippen LogP contribution in [0.25, 0.3) is 6.08 Å². The summed E-state index contributed by atoms with van der Waals surface area (Å²) >= 11 is 6.76. The summed E-state index contributed by atoms with van der Waals surface area (Å²) in [7, 11) is 0. The summed E-state index contributed by atoms with van der Waals surface area (Å²) in [4.78, 5) is 49.7. The van der Waals surface area contributed by atoms with Gasteiger partial charge in [-0.1, -0.05) is 35.9 Å². The van der Waals surface area contributed by atoms with Gasteiger partial charge in [-0.05, 0) is 61.5 Å². The van der Waals surface area contributed by atoms with E-state index in [0.29, 0.717) is 22.0 Å². The zero-order chi connectivity index (χ0) is 24.0. The van der Waals surface area contributed by atoms with Crippen LogP contribution in [0, 0.1) is 0 Å². The van der Waals surface area contributed by atoms with Crippen molar-refractivity contribution in [3.05, 3.63) is 64.0 Å². The molecule has 0 atom stereocenters. The van der Waals surface area contributed by atoms with Crippen LogP contribution in [-0.2, 0) is 19.1 Å². The van der Waals surface area contributed by atoms with Gasteiger partial charge in [0, 0.05) is 0 Å². The number of thioether (sulfide) groups is 1. The second-order valence-corrected chi connectivity index (χ2v) is 8.60. The molecular formula is C23H21ClN2O6S. The maximum Gasteiger partial charge on any atom is 0.326 e. The van der Waals surface area contributed by atoms with Crippen molar-refractivity contribution < 1.29 is 28.7 Å². The zero-order valence-corrected chi connectivity index (χ0v) is 19.4. The third-order valence-electron chi connectivity index (χ3n) is 4.20. The third kappa shape index (κ3) is 6.84. The maximum atomic E-state index is 12.6. The highest BCUT2D eigenvalue weighted by atomic mass is 35.5. The molecule has 10 heteroatoms. The lowest BCUT2D eigenvalue weighted by Gasteiger charge is -2.13. The van der Waals surface area contributed by atoms with Crippen LogP contribution in [-0.4, -0.2) is 47.2 Å². The first-order chi connectivity index (χ1) is 15.7. The van der Waals surface area contributed by atoms with Crippen molar-refractivity contribution >= 4 is 58.1 Å². The molecule has 0 unspecified atom stereocenters. The van der Waals surface area contributed by atoms with E-state index in [4.69, 9.17) is 21.1 Å². The minimum Gasteiger partial charge on any atom is -0.484 e. The van der Waals surface area contributed by atoms with E-state index in [1.165, 1.54) is 6.08 Å². The number of ether oxygens (including phenoxy) is 2. The Morgan fingerprint density at radius 2 is 1.91 bits per heavy atom. The Balaban J connectivity index is 1.61. The Hall–Kier alpha value is -3.30. The lowest BCUT2D eigenvalue weighted by Crippen LogP contribution is -2.35. The molecule has 2 aromatic carbocycles. The quantitative estimate of drug-likeness (QED) is 0.435. The van der Waals surface area contributed by atoms with Crippen LogP contribution in [0.3, 0.4) is 0 Å². The molecule has 33 heavy (non-hydrogen) atoms. The number of hydrogen-bond acceptors (Lipinski definition) is 7. The van der Waals surface area contributed by atoms with E-state index in [0.717, 1.165) is 16.7 Å². The molecule has 0 spiro atoms. The molecule has 1 aliphatic heterocycles. The Labute approximate surface area is 199 Å². The van der Waals surface area contributed by atoms with Gasteiger partial charge in [-0.3, -0.25) is 24.1 Å². The first-order valence-electron chi connectivity index (χ1n) is 9.95. The number of carbonyl (C=O) groups is 4. The first-order valence-corrected chi connectivity index (χ1v) is 11.1. The van der Waals surface area contributed by atoms with Gasteiger partial charge in [0.25, 0.3) is 17.1 Å². The van der Waals surface area contributed by atoms with E-state index in [1.54, 1.807) is 62.4 Å². The number of anilines is 1. The topological polar surface area (TPSA) is 102 Å². The van der Waals surface area contributed by atoms with Crippen LogP contribution in [0.1, 0.15) is 19.4 Å². The van der Waals surface area contributed by atoms with Crippen LogP contribution in [0.5, 0.6) is 5.75 Å². The Kier molecular flexibility index (Phi) is 8.13. The summed E-state index contributed by atoms with van der Waals surface area (Å²) in [6.45, 7) is 2.68. The molecule has 1 heterocycles. The van der Waals surface area contributed by atoms with E-state index >= 15 is 0 Å². The van der Waals surface area contributed by atoms with Gasteiger partial charge in [0.1, 0.15) is 12.3 Å². The van der Waals surface area contributed by atoms with Gasteiger partial charge < -0.3 is 14.8 Å². The minimum absolute atomic E-state index is 0.172. The number of rotatable bonds is 8. The Bertz CT molecular complexity index is 1120. The lowest BCUT2D eigenvalue weighted by atomic mass is 10.2. The molecule has 172 valence electrons. The largest absolute Gasteiger partial charge is 0.484 e. The van der Waals surface area contributed by atoms with Gasteiger partial charge in [0.05, 0.1) is 21.7 Å². The highest BCUT2D eigenvalue weighted by Crippen LogP contribution is 2.32. The number of hydrogen-bond donors (Lipinski definition) is 1. The molecule has 1 N–H and O–H groups in total. The summed E-state index contributed by atoms with van der Waals surface area (Å²) in [6, 6.07) is 13.5. The Morgan fingerprint density at radius 1 is 1.15 bits per heavy atom. The summed E-state index contributed by atoms with van der Waals surface area (Å²) in [5, 5.41) is 2.53. The van der Waals surface area contributed by atoms with Crippen molar-refractivity contribution in [2.24, 2.45) is 0 Å². The molecule has 0 radical (unpaired) electrons. The zero-order valence-electron chi connectivity index (χ0n) is 17.9. The predicted molar refractivity (Wildman–Crippen MR) is 126 cm³/mol. The number of halogens is 1. The average Bonchev–Trinajstić information content (AvgIpc) is 3.01. The molecule has 3 rings (SSSR count). The fourth-order valence-corrected chi connectivity index (χ4v) is 3.83. The van der Waals surface area contributed by atoms with E-state index in [1.807, 2.05) is 0 Å². The number of carbonyl (C=O) groups excluding carboxylic acids is 4. The van der Waals surface area contributed by atoms with E-state index in [2.05, 4.69) is 5.32 Å². The van der Waals surface area contributed by atoms with Gasteiger partial charge in [0.15, 0.2) is 6.61 Å². The molecule has 0 bridgehead atoms. The summed E-state index contributed by atoms with van der Waals surface area (Å²) in [5.41, 5.74) is 1.07. The third-order valence-corrected chi connectivity index (χ3v) is 5.44. The molecule has 0 aliphatic carbocycles. The standard InChI is InChI=1S/C23H21ClN2O6S/c1-14(2)32-21(28)12-26-22(29)19(33-23(26)30)11-15-6-5-7-16(10-15)31-13-20(27)25-18-9-4-3-8-17(18)24/h3-11,14H,12-13H2,1-2H3,(H,25,27)/b19-11-. The number of nitrogens with zero attached hydrogens (tertiary/aromatic N) is 1. The van der Waals surface area contributed by atoms with Crippen LogP contribution >= 0.6 is 23.4 Å². The average molecular weight is 489 g/mol. The molecule has 0 saturated carbocycles. The second-order valence-electron chi connectivity index (χ2n) is 7.20. The van der Waals surface area contributed by atoms with Crippen LogP contribution < -0.4 is 10.1 Å². The van der Waals surface area contributed by atoms with Crippen molar-refractivity contribution in [1.29, 1.82) is 0 Å². The van der Waals surface area contributed by atoms with Crippen molar-refractivity contribution in [1.82, 2.24) is 4.90 Å². The molecule has 8 nitrogen and oxygen atoms in total. The van der Waals surface area contributed by atoms with Crippen LogP contribution in [0.2, 0.25) is 5.02 Å². The van der Waals surface area contributed by atoms with Gasteiger partial charge >= 0.3 is 5.97 Å². The van der Waals surface area contributed by atoms with E-state index in [9.17, 15) is 19.2 Å². The summed E-state index contributed by atoms with van der Waals surface area (Å²) in [6.07, 6.45) is 1.18. The van der Waals surface area contributed by atoms with Crippen LogP contribution in [0.4, 0.5) is 10.5 Å². The predicted octanol–water partition coefficient (Wildman–Crippen LogP) is 4.35. The van der Waals surface area contributed by atoms with Gasteiger partial charge in [-0.15, -0.1) is 0 Å². The number of imide groups is 1. The number of esters is 1. The number of benzene rings is 2. The SMILES string of the molecule is CC(C)OC(=O)CN1C(=O)S/C(=C\c2cccc(OCC(=O)Nc3ccccc3Cl)c2)C1=O. The maximum absolute atomic E-state index is 12.6. The first kappa shape index (κ1) is 24.3. The summed E-state index contributed by atoms with van der Waals surface area (Å²) in [5.74, 6) is -1.21. The smallest absolute Gasteiger partial charge is 0.326 e. The molecule has 1 saturated heterocycles. The van der Waals surface area contributed by atoms with Gasteiger partial charge in [-0.2, -0.15) is 0 Å². The monoisotopic (exact) mass is 488 g/mol. The highest BCUT2D eigenvalue weighted by Gasteiger charge is 2.36. The molecule has 1 fully saturated rings. The van der Waals surface area contributed by atoms with E-state index in [-0.39, 0.29) is 23.5 Å². The van der Waals surface area contributed by atoms with E-state index < -0.39 is 23.7 Å². The molecule has 3 amide bonds. The number of para-hydroxylation sites is 1. The van der Waals surface area contributed by atoms with Gasteiger partial charge in [0.2, 0.25) is 0 Å². The molecule has 0 aromatic heterocycles. The van der Waals surface area contributed by atoms with Crippen molar-refractivity contribution in [3.8, 4) is 5.75 Å². The van der Waals surface area contributed by atoms with Crippen LogP contribution in [0.15, 0.2) is 53.4 Å². The Morgan fingerprint density at radius 3 is 2.64 bits per heavy atom. The lowest BCUT2D eigenvalue weighted by molar-refractivity contribution is -0.149. The van der Waals surface area contributed by atoms with Gasteiger partial charge in [-0.25, -0.2) is 0 Å². The molecule has 2 aromatic rings. The fraction of sp³-hybridized carbons (Fsp3) is 0.217. The van der Waals surface area contributed by atoms with Crippen molar-refractivity contribution in [2.75, 3.05) is 18.5 Å². The molecular weight excluding hydrogens is 468 g/mol. The van der Waals surface area contributed by atoms with Crippen molar-refractivity contribution in [3.63, 3.8) is 0 Å². The fourth-order valence-electron chi connectivity index (χ4n) is 2.81. The second kappa shape index (κ2) is 11.0. The highest BCUT2D eigenvalue weighted by molar-refractivity contribution is 8.18. The number of nitrogens with one attached hydrogen (secondary N) is 1. The minimum atomic E-state index is -0.654. The normalized spacial score (nSPS) is 14.7. The summed E-state index contributed by atoms with van der Waals surface area (Å²) < 4.78 is 10.5. The number of amides is 3.